The summed E-state index contributed by atoms with van der Waals surface area (Å²) in [5.41, 5.74) is 2.38. The van der Waals surface area contributed by atoms with Crippen LogP contribution in [-0.4, -0.2) is 11.7 Å². The third-order valence-corrected chi connectivity index (χ3v) is 3.56. The summed E-state index contributed by atoms with van der Waals surface area (Å²) in [6, 6.07) is 17.9. The molecule has 0 aliphatic rings. The standard InChI is InChI=1S/C19H24O2/c1-19(2,3)16-9-11-17(12-10-16)21-14-13-18(20)15-7-5-4-6-8-15/h4-12,18,20H,13-14H2,1-3H3. The van der Waals surface area contributed by atoms with Crippen LogP contribution in [0.4, 0.5) is 0 Å². The molecule has 0 saturated heterocycles. The first kappa shape index (κ1) is 15.6. The van der Waals surface area contributed by atoms with Gasteiger partial charge in [-0.25, -0.2) is 0 Å². The van der Waals surface area contributed by atoms with E-state index in [1.54, 1.807) is 0 Å². The predicted octanol–water partition coefficient (Wildman–Crippen LogP) is 4.49. The van der Waals surface area contributed by atoms with Crippen LogP contribution in [0.25, 0.3) is 0 Å². The molecule has 2 aromatic rings. The van der Waals surface area contributed by atoms with Crippen molar-refractivity contribution in [1.82, 2.24) is 0 Å². The molecule has 1 unspecified atom stereocenters. The maximum absolute atomic E-state index is 10.1. The van der Waals surface area contributed by atoms with Crippen LogP contribution >= 0.6 is 0 Å². The molecule has 1 atom stereocenters. The van der Waals surface area contributed by atoms with Crippen LogP contribution in [0.15, 0.2) is 54.6 Å². The minimum Gasteiger partial charge on any atom is -0.493 e. The summed E-state index contributed by atoms with van der Waals surface area (Å²) < 4.78 is 5.71. The van der Waals surface area contributed by atoms with E-state index in [0.717, 1.165) is 11.3 Å². The summed E-state index contributed by atoms with van der Waals surface area (Å²) in [6.07, 6.45) is 0.116. The number of benzene rings is 2. The number of aliphatic hydroxyl groups excluding tert-OH is 1. The fourth-order valence-electron chi connectivity index (χ4n) is 2.18. The molecule has 2 aromatic carbocycles. The summed E-state index contributed by atoms with van der Waals surface area (Å²) in [4.78, 5) is 0. The largest absolute Gasteiger partial charge is 0.493 e. The van der Waals surface area contributed by atoms with E-state index >= 15 is 0 Å². The Morgan fingerprint density at radius 2 is 1.57 bits per heavy atom. The number of rotatable bonds is 5. The third kappa shape index (κ3) is 4.61. The zero-order chi connectivity index (χ0) is 15.3. The molecule has 112 valence electrons. The van der Waals surface area contributed by atoms with Crippen LogP contribution in [0, 0.1) is 0 Å². The normalized spacial score (nSPS) is 13.0. The van der Waals surface area contributed by atoms with E-state index in [-0.39, 0.29) is 5.41 Å². The highest BCUT2D eigenvalue weighted by atomic mass is 16.5. The van der Waals surface area contributed by atoms with Crippen molar-refractivity contribution >= 4 is 0 Å². The molecule has 0 radical (unpaired) electrons. The summed E-state index contributed by atoms with van der Waals surface area (Å²) in [5.74, 6) is 0.850. The highest BCUT2D eigenvalue weighted by Gasteiger charge is 2.13. The van der Waals surface area contributed by atoms with E-state index in [1.165, 1.54) is 5.56 Å². The SMILES string of the molecule is CC(C)(C)c1ccc(OCCC(O)c2ccccc2)cc1. The van der Waals surface area contributed by atoms with E-state index in [4.69, 9.17) is 4.74 Å². The second-order valence-corrected chi connectivity index (χ2v) is 6.34. The van der Waals surface area contributed by atoms with Crippen molar-refractivity contribution in [2.75, 3.05) is 6.61 Å². The minimum absolute atomic E-state index is 0.155. The molecule has 0 heterocycles. The monoisotopic (exact) mass is 284 g/mol. The lowest BCUT2D eigenvalue weighted by molar-refractivity contribution is 0.141. The summed E-state index contributed by atoms with van der Waals surface area (Å²) in [6.45, 7) is 7.09. The number of aliphatic hydroxyl groups is 1. The quantitative estimate of drug-likeness (QED) is 0.876. The van der Waals surface area contributed by atoms with Crippen molar-refractivity contribution < 1.29 is 9.84 Å². The molecule has 2 rings (SSSR count). The first-order valence-corrected chi connectivity index (χ1v) is 7.43. The van der Waals surface area contributed by atoms with Crippen LogP contribution in [0.1, 0.15) is 44.4 Å². The zero-order valence-corrected chi connectivity index (χ0v) is 13.0. The van der Waals surface area contributed by atoms with Gasteiger partial charge in [0.15, 0.2) is 0 Å². The van der Waals surface area contributed by atoms with Crippen molar-refractivity contribution in [2.24, 2.45) is 0 Å². The molecule has 0 bridgehead atoms. The highest BCUT2D eigenvalue weighted by molar-refractivity contribution is 5.31. The average molecular weight is 284 g/mol. The molecule has 0 aliphatic carbocycles. The molecule has 0 amide bonds. The molecule has 0 spiro atoms. The molecule has 2 heteroatoms. The summed E-state index contributed by atoms with van der Waals surface area (Å²) >= 11 is 0. The highest BCUT2D eigenvalue weighted by Crippen LogP contribution is 2.24. The Hall–Kier alpha value is -1.80. The van der Waals surface area contributed by atoms with Gasteiger partial charge in [-0.1, -0.05) is 63.2 Å². The summed E-state index contributed by atoms with van der Waals surface area (Å²) in [5, 5.41) is 10.1. The predicted molar refractivity (Wildman–Crippen MR) is 86.7 cm³/mol. The van der Waals surface area contributed by atoms with Gasteiger partial charge >= 0.3 is 0 Å². The lowest BCUT2D eigenvalue weighted by atomic mass is 9.87. The van der Waals surface area contributed by atoms with E-state index in [9.17, 15) is 5.11 Å². The first-order valence-electron chi connectivity index (χ1n) is 7.43. The van der Waals surface area contributed by atoms with Gasteiger partial charge < -0.3 is 9.84 Å². The van der Waals surface area contributed by atoms with Crippen molar-refractivity contribution in [2.45, 2.75) is 38.7 Å². The fourth-order valence-corrected chi connectivity index (χ4v) is 2.18. The van der Waals surface area contributed by atoms with Crippen molar-refractivity contribution in [1.29, 1.82) is 0 Å². The van der Waals surface area contributed by atoms with E-state index in [2.05, 4.69) is 32.9 Å². The molecular formula is C19H24O2. The molecule has 0 fully saturated rings. The maximum Gasteiger partial charge on any atom is 0.119 e. The number of hydrogen-bond donors (Lipinski definition) is 1. The smallest absolute Gasteiger partial charge is 0.119 e. The molecule has 2 nitrogen and oxygen atoms in total. The average Bonchev–Trinajstić information content (AvgIpc) is 2.47. The Morgan fingerprint density at radius 1 is 0.952 bits per heavy atom. The number of ether oxygens (including phenoxy) is 1. The van der Waals surface area contributed by atoms with Gasteiger partial charge in [0.2, 0.25) is 0 Å². The summed E-state index contributed by atoms with van der Waals surface area (Å²) in [7, 11) is 0. The van der Waals surface area contributed by atoms with Crippen molar-refractivity contribution in [3.05, 3.63) is 65.7 Å². The van der Waals surface area contributed by atoms with E-state index in [1.807, 2.05) is 42.5 Å². The van der Waals surface area contributed by atoms with Crippen LogP contribution in [0.5, 0.6) is 5.75 Å². The van der Waals surface area contributed by atoms with Gasteiger partial charge in [0, 0.05) is 6.42 Å². The zero-order valence-electron chi connectivity index (χ0n) is 13.0. The lowest BCUT2D eigenvalue weighted by Crippen LogP contribution is -2.10. The molecular weight excluding hydrogens is 260 g/mol. The van der Waals surface area contributed by atoms with Gasteiger partial charge in [-0.15, -0.1) is 0 Å². The number of hydrogen-bond acceptors (Lipinski definition) is 2. The molecule has 0 saturated carbocycles. The Morgan fingerprint density at radius 3 is 2.14 bits per heavy atom. The third-order valence-electron chi connectivity index (χ3n) is 3.56. The van der Waals surface area contributed by atoms with Gasteiger partial charge in [0.05, 0.1) is 12.7 Å². The molecule has 0 aliphatic heterocycles. The fraction of sp³-hybridized carbons (Fsp3) is 0.368. The Labute approximate surface area is 127 Å². The Kier molecular flexibility index (Phi) is 5.03. The van der Waals surface area contributed by atoms with E-state index in [0.29, 0.717) is 13.0 Å². The van der Waals surface area contributed by atoms with Crippen molar-refractivity contribution in [3.63, 3.8) is 0 Å². The molecule has 0 aromatic heterocycles. The van der Waals surface area contributed by atoms with Gasteiger partial charge in [-0.2, -0.15) is 0 Å². The van der Waals surface area contributed by atoms with Crippen LogP contribution in [-0.2, 0) is 5.41 Å². The first-order chi connectivity index (χ1) is 9.97. The van der Waals surface area contributed by atoms with E-state index < -0.39 is 6.10 Å². The van der Waals surface area contributed by atoms with Gasteiger partial charge in [0.1, 0.15) is 5.75 Å². The van der Waals surface area contributed by atoms with Crippen LogP contribution < -0.4 is 4.74 Å². The molecule has 1 N–H and O–H groups in total. The second kappa shape index (κ2) is 6.77. The van der Waals surface area contributed by atoms with Crippen LogP contribution in [0.3, 0.4) is 0 Å². The maximum atomic E-state index is 10.1. The van der Waals surface area contributed by atoms with Gasteiger partial charge in [-0.05, 0) is 28.7 Å². The Balaban J connectivity index is 1.84. The van der Waals surface area contributed by atoms with Crippen molar-refractivity contribution in [3.8, 4) is 5.75 Å². The Bertz CT molecular complexity index is 538. The van der Waals surface area contributed by atoms with Gasteiger partial charge in [-0.3, -0.25) is 0 Å². The lowest BCUT2D eigenvalue weighted by Gasteiger charge is -2.19. The second-order valence-electron chi connectivity index (χ2n) is 6.34. The van der Waals surface area contributed by atoms with Crippen LogP contribution in [0.2, 0.25) is 0 Å². The topological polar surface area (TPSA) is 29.5 Å². The van der Waals surface area contributed by atoms with Gasteiger partial charge in [0.25, 0.3) is 0 Å². The molecule has 21 heavy (non-hydrogen) atoms. The minimum atomic E-state index is -0.472.